The van der Waals surface area contributed by atoms with E-state index in [0.29, 0.717) is 12.4 Å². The maximum Gasteiger partial charge on any atom is 0.329 e. The number of amides is 3. The fourth-order valence-electron chi connectivity index (χ4n) is 2.60. The predicted molar refractivity (Wildman–Crippen MR) is 100 cm³/mol. The van der Waals surface area contributed by atoms with Crippen molar-refractivity contribution in [2.45, 2.75) is 13.5 Å². The Bertz CT molecular complexity index is 869. The maximum absolute atomic E-state index is 12.3. The standard InChI is InChI=1S/C21H20N2O3/c1-3-12-23-20(24)18(22-21(23)25)13-17-6-4-5-7-19(17)26-14-16-10-8-15(2)9-11-16/h3-11,13H,1,12,14H2,2H3,(H,22,25)/b18-13+. The second-order valence-corrected chi connectivity index (χ2v) is 6.00. The van der Waals surface area contributed by atoms with Crippen LogP contribution in [0.15, 0.2) is 66.9 Å². The number of nitrogens with one attached hydrogen (secondary N) is 1. The highest BCUT2D eigenvalue weighted by molar-refractivity contribution is 6.14. The average Bonchev–Trinajstić information content (AvgIpc) is 2.90. The molecule has 0 atom stereocenters. The minimum absolute atomic E-state index is 0.174. The van der Waals surface area contributed by atoms with Gasteiger partial charge in [-0.2, -0.15) is 0 Å². The quantitative estimate of drug-likeness (QED) is 0.492. The molecule has 1 fully saturated rings. The van der Waals surface area contributed by atoms with Crippen LogP contribution in [0, 0.1) is 6.92 Å². The molecule has 0 aromatic heterocycles. The third-order valence-corrected chi connectivity index (χ3v) is 4.01. The highest BCUT2D eigenvalue weighted by atomic mass is 16.5. The van der Waals surface area contributed by atoms with Crippen molar-refractivity contribution in [1.29, 1.82) is 0 Å². The zero-order valence-corrected chi connectivity index (χ0v) is 14.6. The summed E-state index contributed by atoms with van der Waals surface area (Å²) in [5.74, 6) is 0.271. The van der Waals surface area contributed by atoms with Crippen LogP contribution in [0.3, 0.4) is 0 Å². The molecule has 3 amide bonds. The Kier molecular flexibility index (Phi) is 5.17. The summed E-state index contributed by atoms with van der Waals surface area (Å²) in [5, 5.41) is 2.59. The van der Waals surface area contributed by atoms with Crippen molar-refractivity contribution in [3.63, 3.8) is 0 Å². The summed E-state index contributed by atoms with van der Waals surface area (Å²) in [6, 6.07) is 15.1. The van der Waals surface area contributed by atoms with Gasteiger partial charge in [0.15, 0.2) is 0 Å². The first-order chi connectivity index (χ1) is 12.6. The number of rotatable bonds is 6. The zero-order valence-electron chi connectivity index (χ0n) is 14.6. The van der Waals surface area contributed by atoms with Crippen molar-refractivity contribution in [2.24, 2.45) is 0 Å². The Balaban J connectivity index is 1.79. The molecule has 2 aromatic carbocycles. The van der Waals surface area contributed by atoms with Gasteiger partial charge < -0.3 is 10.1 Å². The first kappa shape index (κ1) is 17.5. The summed E-state index contributed by atoms with van der Waals surface area (Å²) in [6.45, 7) is 6.19. The SMILES string of the molecule is C=CCN1C(=O)N/C(=C/c2ccccc2OCc2ccc(C)cc2)C1=O. The predicted octanol–water partition coefficient (Wildman–Crippen LogP) is 3.65. The largest absolute Gasteiger partial charge is 0.488 e. The summed E-state index contributed by atoms with van der Waals surface area (Å²) in [5.41, 5.74) is 3.20. The van der Waals surface area contributed by atoms with E-state index in [1.54, 1.807) is 6.08 Å². The lowest BCUT2D eigenvalue weighted by Gasteiger charge is -2.10. The minimum Gasteiger partial charge on any atom is -0.488 e. The first-order valence-corrected chi connectivity index (χ1v) is 8.31. The van der Waals surface area contributed by atoms with Gasteiger partial charge in [-0.1, -0.05) is 54.1 Å². The fourth-order valence-corrected chi connectivity index (χ4v) is 2.60. The molecule has 0 radical (unpaired) electrons. The Morgan fingerprint density at radius 2 is 1.85 bits per heavy atom. The van der Waals surface area contributed by atoms with Crippen molar-refractivity contribution in [3.8, 4) is 5.75 Å². The van der Waals surface area contributed by atoms with Gasteiger partial charge in [-0.3, -0.25) is 9.69 Å². The molecule has 0 bridgehead atoms. The van der Waals surface area contributed by atoms with Crippen LogP contribution in [0.1, 0.15) is 16.7 Å². The Morgan fingerprint density at radius 3 is 2.58 bits per heavy atom. The molecule has 0 aliphatic carbocycles. The molecule has 2 aromatic rings. The van der Waals surface area contributed by atoms with Crippen molar-refractivity contribution in [2.75, 3.05) is 6.54 Å². The summed E-state index contributed by atoms with van der Waals surface area (Å²) in [4.78, 5) is 25.3. The van der Waals surface area contributed by atoms with Gasteiger partial charge in [-0.25, -0.2) is 4.79 Å². The van der Waals surface area contributed by atoms with Crippen molar-refractivity contribution in [1.82, 2.24) is 10.2 Å². The maximum atomic E-state index is 12.3. The molecule has 1 N–H and O–H groups in total. The summed E-state index contributed by atoms with van der Waals surface area (Å²) in [7, 11) is 0. The smallest absolute Gasteiger partial charge is 0.329 e. The lowest BCUT2D eigenvalue weighted by Crippen LogP contribution is -2.30. The molecule has 0 saturated carbocycles. The number of aryl methyl sites for hydroxylation is 1. The average molecular weight is 348 g/mol. The fraction of sp³-hybridized carbons (Fsp3) is 0.143. The number of nitrogens with zero attached hydrogens (tertiary/aromatic N) is 1. The first-order valence-electron chi connectivity index (χ1n) is 8.31. The van der Waals surface area contributed by atoms with Crippen molar-refractivity contribution in [3.05, 3.63) is 83.6 Å². The van der Waals surface area contributed by atoms with Gasteiger partial charge in [0, 0.05) is 12.1 Å². The number of para-hydroxylation sites is 1. The summed E-state index contributed by atoms with van der Waals surface area (Å²) < 4.78 is 5.91. The van der Waals surface area contributed by atoms with E-state index in [4.69, 9.17) is 4.74 Å². The van der Waals surface area contributed by atoms with Crippen LogP contribution in [0.2, 0.25) is 0 Å². The van der Waals surface area contributed by atoms with E-state index >= 15 is 0 Å². The Labute approximate surface area is 152 Å². The molecule has 1 heterocycles. The van der Waals surface area contributed by atoms with Crippen LogP contribution in [-0.2, 0) is 11.4 Å². The van der Waals surface area contributed by atoms with Crippen LogP contribution in [-0.4, -0.2) is 23.4 Å². The van der Waals surface area contributed by atoms with Crippen molar-refractivity contribution >= 4 is 18.0 Å². The number of ether oxygens (including phenoxy) is 1. The number of imide groups is 1. The molecule has 26 heavy (non-hydrogen) atoms. The molecule has 5 nitrogen and oxygen atoms in total. The van der Waals surface area contributed by atoms with Gasteiger partial charge in [-0.15, -0.1) is 6.58 Å². The number of carbonyl (C=O) groups excluding carboxylic acids is 2. The molecule has 1 saturated heterocycles. The Hall–Kier alpha value is -3.34. The summed E-state index contributed by atoms with van der Waals surface area (Å²) >= 11 is 0. The molecule has 132 valence electrons. The second kappa shape index (κ2) is 7.70. The number of benzene rings is 2. The number of hydrogen-bond acceptors (Lipinski definition) is 3. The van der Waals surface area contributed by atoms with E-state index in [0.717, 1.165) is 16.0 Å². The minimum atomic E-state index is -0.445. The van der Waals surface area contributed by atoms with Gasteiger partial charge in [0.25, 0.3) is 5.91 Å². The zero-order chi connectivity index (χ0) is 18.5. The molecular weight excluding hydrogens is 328 g/mol. The molecule has 1 aliphatic heterocycles. The van der Waals surface area contributed by atoms with Gasteiger partial charge in [0.05, 0.1) is 0 Å². The van der Waals surface area contributed by atoms with Gasteiger partial charge in [0.1, 0.15) is 18.1 Å². The van der Waals surface area contributed by atoms with Gasteiger partial charge in [-0.05, 0) is 24.6 Å². The van der Waals surface area contributed by atoms with Gasteiger partial charge >= 0.3 is 6.03 Å². The number of urea groups is 1. The second-order valence-electron chi connectivity index (χ2n) is 6.00. The van der Waals surface area contributed by atoms with E-state index in [-0.39, 0.29) is 18.1 Å². The highest BCUT2D eigenvalue weighted by Gasteiger charge is 2.32. The number of carbonyl (C=O) groups is 2. The highest BCUT2D eigenvalue weighted by Crippen LogP contribution is 2.23. The van der Waals surface area contributed by atoms with E-state index in [9.17, 15) is 9.59 Å². The Morgan fingerprint density at radius 1 is 1.12 bits per heavy atom. The normalized spacial score (nSPS) is 15.3. The van der Waals surface area contributed by atoms with E-state index in [2.05, 4.69) is 11.9 Å². The van der Waals surface area contributed by atoms with Gasteiger partial charge in [0.2, 0.25) is 0 Å². The van der Waals surface area contributed by atoms with Crippen molar-refractivity contribution < 1.29 is 14.3 Å². The monoisotopic (exact) mass is 348 g/mol. The number of hydrogen-bond donors (Lipinski definition) is 1. The van der Waals surface area contributed by atoms with Crippen LogP contribution in [0.5, 0.6) is 5.75 Å². The van der Waals surface area contributed by atoms with Crippen LogP contribution in [0.25, 0.3) is 6.08 Å². The topological polar surface area (TPSA) is 58.6 Å². The summed E-state index contributed by atoms with van der Waals surface area (Å²) in [6.07, 6.45) is 3.15. The molecular formula is C21H20N2O3. The molecule has 0 unspecified atom stereocenters. The molecule has 5 heteroatoms. The van der Waals surface area contributed by atoms with E-state index < -0.39 is 6.03 Å². The lowest BCUT2D eigenvalue weighted by atomic mass is 10.1. The molecule has 1 aliphatic rings. The lowest BCUT2D eigenvalue weighted by molar-refractivity contribution is -0.122. The van der Waals surface area contributed by atoms with Crippen LogP contribution in [0.4, 0.5) is 4.79 Å². The van der Waals surface area contributed by atoms with E-state index in [1.165, 1.54) is 11.6 Å². The van der Waals surface area contributed by atoms with E-state index in [1.807, 2.05) is 55.5 Å². The van der Waals surface area contributed by atoms with Crippen LogP contribution >= 0.6 is 0 Å². The molecule has 0 spiro atoms. The third kappa shape index (κ3) is 3.83. The molecule has 3 rings (SSSR count). The van der Waals surface area contributed by atoms with Crippen LogP contribution < -0.4 is 10.1 Å². The third-order valence-electron chi connectivity index (χ3n) is 4.01.